The summed E-state index contributed by atoms with van der Waals surface area (Å²) in [7, 11) is 3.48. The van der Waals surface area contributed by atoms with Crippen LogP contribution in [0.15, 0.2) is 18.2 Å². The van der Waals surface area contributed by atoms with Crippen molar-refractivity contribution in [3.05, 3.63) is 34.6 Å². The molecule has 2 aromatic rings. The summed E-state index contributed by atoms with van der Waals surface area (Å²) in [5.74, 6) is 1.57. The van der Waals surface area contributed by atoms with E-state index in [1.807, 2.05) is 32.2 Å². The van der Waals surface area contributed by atoms with Gasteiger partial charge in [0, 0.05) is 12.6 Å². The molecule has 1 aromatic carbocycles. The topological polar surface area (TPSA) is 47.3 Å². The minimum atomic E-state index is -0.128. The molecule has 18 heavy (non-hydrogen) atoms. The molecule has 0 saturated carbocycles. The smallest absolute Gasteiger partial charge is 0.153 e. The van der Waals surface area contributed by atoms with E-state index in [0.717, 1.165) is 22.7 Å². The average molecular weight is 267 g/mol. The Hall–Kier alpha value is -1.52. The molecule has 0 radical (unpaired) electrons. The van der Waals surface area contributed by atoms with E-state index in [-0.39, 0.29) is 6.61 Å². The Balaban J connectivity index is 2.52. The van der Waals surface area contributed by atoms with Crippen LogP contribution in [0.3, 0.4) is 0 Å². The van der Waals surface area contributed by atoms with Gasteiger partial charge in [0.15, 0.2) is 5.15 Å². The first-order valence-electron chi connectivity index (χ1n) is 5.55. The normalized spacial score (nSPS) is 10.7. The van der Waals surface area contributed by atoms with Gasteiger partial charge in [-0.25, -0.2) is 4.98 Å². The van der Waals surface area contributed by atoms with E-state index < -0.39 is 0 Å². The monoisotopic (exact) mass is 266 g/mol. The lowest BCUT2D eigenvalue weighted by Crippen LogP contribution is -1.99. The molecule has 96 valence electrons. The Morgan fingerprint density at radius 3 is 2.67 bits per heavy atom. The van der Waals surface area contributed by atoms with Gasteiger partial charge < -0.3 is 14.4 Å². The first kappa shape index (κ1) is 12.9. The highest BCUT2D eigenvalue weighted by Gasteiger charge is 2.14. The van der Waals surface area contributed by atoms with E-state index in [9.17, 15) is 5.11 Å². The quantitative estimate of drug-likeness (QED) is 0.929. The van der Waals surface area contributed by atoms with Gasteiger partial charge in [0.2, 0.25) is 0 Å². The lowest BCUT2D eigenvalue weighted by molar-refractivity contribution is 0.273. The lowest BCUT2D eigenvalue weighted by Gasteiger charge is -2.08. The van der Waals surface area contributed by atoms with Gasteiger partial charge in [0.1, 0.15) is 11.6 Å². The maximum absolute atomic E-state index is 9.23. The van der Waals surface area contributed by atoms with Crippen molar-refractivity contribution in [2.45, 2.75) is 13.5 Å². The van der Waals surface area contributed by atoms with Gasteiger partial charge in [-0.2, -0.15) is 0 Å². The molecular formula is C13H15ClN2O2. The summed E-state index contributed by atoms with van der Waals surface area (Å²) < 4.78 is 7.02. The molecule has 1 aromatic heterocycles. The van der Waals surface area contributed by atoms with Gasteiger partial charge in [0.25, 0.3) is 0 Å². The largest absolute Gasteiger partial charge is 0.496 e. The van der Waals surface area contributed by atoms with Crippen molar-refractivity contribution >= 4 is 11.6 Å². The second-order valence-corrected chi connectivity index (χ2v) is 4.43. The predicted octanol–water partition coefficient (Wildman–Crippen LogP) is 2.55. The van der Waals surface area contributed by atoms with Gasteiger partial charge in [-0.3, -0.25) is 0 Å². The van der Waals surface area contributed by atoms with Crippen LogP contribution in [0.4, 0.5) is 0 Å². The van der Waals surface area contributed by atoms with E-state index in [1.54, 1.807) is 11.7 Å². The molecule has 4 nitrogen and oxygen atoms in total. The summed E-state index contributed by atoms with van der Waals surface area (Å²) >= 11 is 5.98. The molecule has 5 heteroatoms. The van der Waals surface area contributed by atoms with Crippen LogP contribution in [0.25, 0.3) is 11.4 Å². The molecule has 0 aliphatic carbocycles. The molecule has 2 rings (SSSR count). The van der Waals surface area contributed by atoms with Crippen molar-refractivity contribution in [3.63, 3.8) is 0 Å². The molecule has 0 atom stereocenters. The number of halogens is 1. The van der Waals surface area contributed by atoms with Crippen LogP contribution < -0.4 is 4.74 Å². The number of aryl methyl sites for hydroxylation is 1. The third-order valence-corrected chi connectivity index (χ3v) is 3.27. The van der Waals surface area contributed by atoms with Gasteiger partial charge in [-0.1, -0.05) is 11.6 Å². The van der Waals surface area contributed by atoms with Crippen molar-refractivity contribution in [2.75, 3.05) is 7.11 Å². The van der Waals surface area contributed by atoms with Crippen LogP contribution in [-0.2, 0) is 13.7 Å². The number of nitrogens with zero attached hydrogens (tertiary/aromatic N) is 2. The van der Waals surface area contributed by atoms with Crippen molar-refractivity contribution in [2.24, 2.45) is 7.05 Å². The molecule has 0 bridgehead atoms. The third-order valence-electron chi connectivity index (χ3n) is 2.97. The van der Waals surface area contributed by atoms with Crippen LogP contribution in [0.2, 0.25) is 5.15 Å². The summed E-state index contributed by atoms with van der Waals surface area (Å²) in [6, 6.07) is 5.80. The van der Waals surface area contributed by atoms with E-state index in [4.69, 9.17) is 16.3 Å². The Morgan fingerprint density at radius 1 is 1.44 bits per heavy atom. The zero-order valence-electron chi connectivity index (χ0n) is 10.6. The van der Waals surface area contributed by atoms with Gasteiger partial charge in [-0.15, -0.1) is 0 Å². The van der Waals surface area contributed by atoms with Crippen molar-refractivity contribution in [1.82, 2.24) is 9.55 Å². The molecule has 0 saturated heterocycles. The minimum absolute atomic E-state index is 0.128. The number of aliphatic hydroxyl groups excluding tert-OH is 1. The number of rotatable bonds is 3. The summed E-state index contributed by atoms with van der Waals surface area (Å²) in [5, 5.41) is 9.57. The zero-order chi connectivity index (χ0) is 13.3. The van der Waals surface area contributed by atoms with E-state index >= 15 is 0 Å². The molecule has 0 fully saturated rings. The molecular weight excluding hydrogens is 252 g/mol. The third kappa shape index (κ3) is 2.09. The van der Waals surface area contributed by atoms with Gasteiger partial charge >= 0.3 is 0 Å². The maximum atomic E-state index is 9.23. The lowest BCUT2D eigenvalue weighted by atomic mass is 10.1. The fourth-order valence-corrected chi connectivity index (χ4v) is 2.21. The maximum Gasteiger partial charge on any atom is 0.153 e. The molecule has 0 amide bonds. The number of benzene rings is 1. The number of aromatic nitrogens is 2. The van der Waals surface area contributed by atoms with Crippen molar-refractivity contribution in [1.29, 1.82) is 0 Å². The summed E-state index contributed by atoms with van der Waals surface area (Å²) in [6.07, 6.45) is 0. The summed E-state index contributed by atoms with van der Waals surface area (Å²) in [5.41, 5.74) is 2.58. The highest BCUT2D eigenvalue weighted by Crippen LogP contribution is 2.28. The molecule has 0 aliphatic heterocycles. The van der Waals surface area contributed by atoms with E-state index in [2.05, 4.69) is 4.98 Å². The number of imidazole rings is 1. The Labute approximate surface area is 111 Å². The number of aliphatic hydroxyl groups is 1. The van der Waals surface area contributed by atoms with Crippen LogP contribution >= 0.6 is 11.6 Å². The van der Waals surface area contributed by atoms with E-state index in [0.29, 0.717) is 10.8 Å². The number of ether oxygens (including phenoxy) is 1. The zero-order valence-corrected chi connectivity index (χ0v) is 11.3. The van der Waals surface area contributed by atoms with Crippen LogP contribution in [-0.4, -0.2) is 21.8 Å². The highest BCUT2D eigenvalue weighted by atomic mass is 35.5. The van der Waals surface area contributed by atoms with Gasteiger partial charge in [-0.05, 0) is 30.7 Å². The van der Waals surface area contributed by atoms with Gasteiger partial charge in [0.05, 0.1) is 19.4 Å². The second kappa shape index (κ2) is 5.00. The first-order chi connectivity index (χ1) is 8.58. The number of hydrogen-bond acceptors (Lipinski definition) is 3. The van der Waals surface area contributed by atoms with E-state index in [1.165, 1.54) is 0 Å². The van der Waals surface area contributed by atoms with Crippen molar-refractivity contribution < 1.29 is 9.84 Å². The standard InChI is InChI=1S/C13H15ClN2O2/c1-8-6-9(4-5-11(8)18-3)13-15-12(14)10(7-17)16(13)2/h4-6,17H,7H2,1-3H3. The summed E-state index contributed by atoms with van der Waals surface area (Å²) in [6.45, 7) is 1.84. The minimum Gasteiger partial charge on any atom is -0.496 e. The fourth-order valence-electron chi connectivity index (χ4n) is 1.95. The van der Waals surface area contributed by atoms with Crippen LogP contribution in [0.1, 0.15) is 11.3 Å². The first-order valence-corrected chi connectivity index (χ1v) is 5.93. The Bertz CT molecular complexity index is 579. The number of hydrogen-bond donors (Lipinski definition) is 1. The molecule has 1 heterocycles. The molecule has 1 N–H and O–H groups in total. The second-order valence-electron chi connectivity index (χ2n) is 4.07. The fraction of sp³-hybridized carbons (Fsp3) is 0.308. The molecule has 0 unspecified atom stereocenters. The Kier molecular flexibility index (Phi) is 3.59. The SMILES string of the molecule is COc1ccc(-c2nc(Cl)c(CO)n2C)cc1C. The van der Waals surface area contributed by atoms with Crippen LogP contribution in [0.5, 0.6) is 5.75 Å². The molecule has 0 spiro atoms. The van der Waals surface area contributed by atoms with Crippen molar-refractivity contribution in [3.8, 4) is 17.1 Å². The Morgan fingerprint density at radius 2 is 2.17 bits per heavy atom. The molecule has 0 aliphatic rings. The number of methoxy groups -OCH3 is 1. The van der Waals surface area contributed by atoms with Crippen LogP contribution in [0, 0.1) is 6.92 Å². The average Bonchev–Trinajstić information content (AvgIpc) is 2.64. The summed E-state index contributed by atoms with van der Waals surface area (Å²) in [4.78, 5) is 4.28. The highest BCUT2D eigenvalue weighted by molar-refractivity contribution is 6.30. The predicted molar refractivity (Wildman–Crippen MR) is 70.9 cm³/mol.